The molecule has 0 aliphatic carbocycles. The highest BCUT2D eigenvalue weighted by atomic mass is 16.5. The number of rotatable bonds is 19. The molecule has 4 aromatic carbocycles. The summed E-state index contributed by atoms with van der Waals surface area (Å²) in [6.45, 7) is 7.13. The number of methoxy groups -OCH3 is 2. The van der Waals surface area contributed by atoms with Crippen LogP contribution in [0.3, 0.4) is 0 Å². The zero-order valence-electron chi connectivity index (χ0n) is 42.5. The van der Waals surface area contributed by atoms with E-state index in [9.17, 15) is 33.6 Å². The summed E-state index contributed by atoms with van der Waals surface area (Å²) in [6.07, 6.45) is 11.0. The van der Waals surface area contributed by atoms with Crippen molar-refractivity contribution >= 4 is 81.9 Å². The number of fused-ring (bicyclic) bond motifs is 4. The summed E-state index contributed by atoms with van der Waals surface area (Å²) in [5, 5.41) is 5.48. The molecular weight excluding hydrogens is 959 g/mol. The zero-order valence-corrected chi connectivity index (χ0v) is 42.5. The lowest BCUT2D eigenvalue weighted by molar-refractivity contribution is -0.141. The van der Waals surface area contributed by atoms with E-state index in [0.29, 0.717) is 71.3 Å². The summed E-state index contributed by atoms with van der Waals surface area (Å²) in [5.41, 5.74) is 7.01. The molecule has 18 heteroatoms. The predicted octanol–water partition coefficient (Wildman–Crippen LogP) is 7.40. The monoisotopic (exact) mass is 1020 g/mol. The third kappa shape index (κ3) is 11.0. The third-order valence-electron chi connectivity index (χ3n) is 13.7. The molecule has 4 atom stereocenters. The van der Waals surface area contributed by atoms with Crippen LogP contribution in [0.25, 0.3) is 11.1 Å². The molecule has 9 rings (SSSR count). The Kier molecular flexibility index (Phi) is 14.9. The highest BCUT2D eigenvalue weighted by molar-refractivity contribution is 6.14. The average Bonchev–Trinajstić information content (AvgIpc) is 4.09. The molecule has 0 radical (unpaired) electrons. The maximum Gasteiger partial charge on any atom is 0.260 e. The summed E-state index contributed by atoms with van der Waals surface area (Å²) in [7, 11) is 3.14. The van der Waals surface area contributed by atoms with Gasteiger partial charge in [0.2, 0.25) is 11.8 Å². The Balaban J connectivity index is 0.760. The van der Waals surface area contributed by atoms with E-state index in [-0.39, 0.29) is 54.5 Å². The number of carbonyl (C=O) groups is 7. The molecule has 0 fully saturated rings. The largest absolute Gasteiger partial charge is 0.497 e. The molecule has 4 aromatic rings. The number of Topliss-reactive ketones (excluding diaryl/α,β-unsaturated/α-hetero) is 1. The van der Waals surface area contributed by atoms with Gasteiger partial charge in [-0.3, -0.25) is 48.4 Å². The minimum Gasteiger partial charge on any atom is -0.497 e. The van der Waals surface area contributed by atoms with Gasteiger partial charge in [0.05, 0.1) is 68.1 Å². The number of ether oxygens (including phenoxy) is 4. The van der Waals surface area contributed by atoms with Crippen LogP contribution in [0.15, 0.2) is 107 Å². The normalized spacial score (nSPS) is 18.1. The van der Waals surface area contributed by atoms with Crippen molar-refractivity contribution < 1.29 is 52.5 Å². The molecular formula is C57H57N7O11. The van der Waals surface area contributed by atoms with Crippen molar-refractivity contribution in [3.05, 3.63) is 125 Å². The number of aryl methyl sites for hydroxylation is 1. The van der Waals surface area contributed by atoms with Gasteiger partial charge < -0.3 is 39.4 Å². The molecule has 0 saturated heterocycles. The van der Waals surface area contributed by atoms with Crippen molar-refractivity contribution in [2.45, 2.75) is 71.5 Å². The number of amides is 6. The van der Waals surface area contributed by atoms with Crippen LogP contribution in [0.5, 0.6) is 23.0 Å². The Morgan fingerprint density at radius 1 is 0.693 bits per heavy atom. The average molecular weight is 1020 g/mol. The van der Waals surface area contributed by atoms with E-state index in [4.69, 9.17) is 28.9 Å². The fraction of sp³-hybridized carbons (Fsp3) is 0.316. The van der Waals surface area contributed by atoms with Gasteiger partial charge in [0.15, 0.2) is 17.3 Å². The van der Waals surface area contributed by atoms with Crippen LogP contribution in [0, 0.1) is 18.8 Å². The lowest BCUT2D eigenvalue weighted by atomic mass is 9.92. The molecule has 0 spiro atoms. The summed E-state index contributed by atoms with van der Waals surface area (Å²) in [6, 6.07) is 20.5. The van der Waals surface area contributed by atoms with Gasteiger partial charge in [-0.1, -0.05) is 45.0 Å². The number of ketones is 1. The number of nitrogens with one attached hydrogen (secondary N) is 2. The molecule has 75 heavy (non-hydrogen) atoms. The number of aliphatic imine (C=N–C) groups is 2. The Bertz CT molecular complexity index is 3120. The molecule has 0 saturated carbocycles. The molecule has 18 nitrogen and oxygen atoms in total. The van der Waals surface area contributed by atoms with Crippen LogP contribution in [-0.4, -0.2) is 120 Å². The maximum absolute atomic E-state index is 14.1. The van der Waals surface area contributed by atoms with Crippen molar-refractivity contribution in [1.82, 2.24) is 20.0 Å². The Morgan fingerprint density at radius 3 is 1.80 bits per heavy atom. The first-order valence-electron chi connectivity index (χ1n) is 24.8. The first-order chi connectivity index (χ1) is 36.1. The molecule has 5 aliphatic rings. The minimum atomic E-state index is -0.923. The van der Waals surface area contributed by atoms with Gasteiger partial charge in [0, 0.05) is 86.4 Å². The third-order valence-corrected chi connectivity index (χ3v) is 13.7. The second-order valence-electron chi connectivity index (χ2n) is 19.3. The quantitative estimate of drug-likeness (QED) is 0.0697. The van der Waals surface area contributed by atoms with Crippen LogP contribution in [-0.2, 0) is 24.0 Å². The fourth-order valence-electron chi connectivity index (χ4n) is 9.51. The van der Waals surface area contributed by atoms with E-state index >= 15 is 0 Å². The summed E-state index contributed by atoms with van der Waals surface area (Å²) in [4.78, 5) is 104. The van der Waals surface area contributed by atoms with Gasteiger partial charge in [-0.2, -0.15) is 0 Å². The Labute approximate surface area is 433 Å². The smallest absolute Gasteiger partial charge is 0.260 e. The summed E-state index contributed by atoms with van der Waals surface area (Å²) < 4.78 is 23.3. The van der Waals surface area contributed by atoms with Gasteiger partial charge in [0.25, 0.3) is 23.6 Å². The Hall–Kier alpha value is -8.67. The molecule has 386 valence electrons. The standard InChI is InChI=1S/C57H57N7O11/c1-32(2)54(61-51(66)31-64-52(67)16-17-53(64)68)47(65)21-34(4)55(69)60-39-12-8-35(9-13-39)37-22-41-28-59-46-26-50(49(73-6)24-44(46)57(71)63(41)29-37)75-19-7-18-74-48-25-45-43(20-33(48)3)56(70)62-30-38(23-40(62)27-58-45)36-10-14-42(72-5)15-11-36/h8-17,20,24-30,32,34,40-41,54H,7,18-19,21-23,31H2,1-6H3,(H,60,69)(H,61,66)/t34?,40-,41-,54?/m0/s1. The number of nitrogens with zero attached hydrogens (tertiary/aromatic N) is 5. The SMILES string of the molecule is COc1ccc(C2=CN3C(=O)c4cc(C)c(OCCCOc5cc6c(cc5OC)C(=O)N5C=C(c7ccc(NC(=O)C(C)CC(=O)C(NC(=O)CN8C(=O)C=CC8=O)C(C)C)cc7)C[C@H]5C=N6)cc4N=C[C@@H]3C2)cc1. The fourth-order valence-corrected chi connectivity index (χ4v) is 9.51. The van der Waals surface area contributed by atoms with Gasteiger partial charge in [-0.15, -0.1) is 0 Å². The minimum absolute atomic E-state index is 0.117. The second kappa shape index (κ2) is 21.8. The maximum atomic E-state index is 14.1. The van der Waals surface area contributed by atoms with Crippen molar-refractivity contribution in [2.24, 2.45) is 21.8 Å². The highest BCUT2D eigenvalue weighted by Gasteiger charge is 2.36. The van der Waals surface area contributed by atoms with E-state index < -0.39 is 36.2 Å². The molecule has 5 aliphatic heterocycles. The van der Waals surface area contributed by atoms with Gasteiger partial charge in [0.1, 0.15) is 18.0 Å². The lowest BCUT2D eigenvalue weighted by Crippen LogP contribution is -2.49. The number of imide groups is 1. The van der Waals surface area contributed by atoms with Crippen molar-refractivity contribution in [3.63, 3.8) is 0 Å². The van der Waals surface area contributed by atoms with Crippen LogP contribution < -0.4 is 29.6 Å². The van der Waals surface area contributed by atoms with Crippen LogP contribution in [0.1, 0.15) is 83.9 Å². The zero-order chi connectivity index (χ0) is 53.1. The predicted molar refractivity (Wildman–Crippen MR) is 281 cm³/mol. The second-order valence-corrected chi connectivity index (χ2v) is 19.3. The lowest BCUT2D eigenvalue weighted by Gasteiger charge is -2.24. The van der Waals surface area contributed by atoms with E-state index in [1.165, 1.54) is 7.11 Å². The highest BCUT2D eigenvalue weighted by Crippen LogP contribution is 2.41. The summed E-state index contributed by atoms with van der Waals surface area (Å²) >= 11 is 0. The first kappa shape index (κ1) is 51.2. The number of hydrogen-bond acceptors (Lipinski definition) is 13. The van der Waals surface area contributed by atoms with Crippen LogP contribution in [0.4, 0.5) is 17.1 Å². The molecule has 2 N–H and O–H groups in total. The topological polar surface area (TPSA) is 215 Å². The molecule has 0 aromatic heterocycles. The number of hydrogen-bond donors (Lipinski definition) is 2. The summed E-state index contributed by atoms with van der Waals surface area (Å²) in [5.74, 6) is -1.82. The molecule has 6 amide bonds. The Morgan fingerprint density at radius 2 is 1.24 bits per heavy atom. The first-order valence-corrected chi connectivity index (χ1v) is 24.8. The van der Waals surface area contributed by atoms with E-state index in [0.717, 1.165) is 50.6 Å². The van der Waals surface area contributed by atoms with Crippen LogP contribution >= 0.6 is 0 Å². The van der Waals surface area contributed by atoms with Gasteiger partial charge in [-0.25, -0.2) is 0 Å². The molecule has 5 heterocycles. The number of carbonyl (C=O) groups excluding carboxylic acids is 7. The van der Waals surface area contributed by atoms with Crippen LogP contribution in [0.2, 0.25) is 0 Å². The molecule has 0 bridgehead atoms. The van der Waals surface area contributed by atoms with Crippen molar-refractivity contribution in [2.75, 3.05) is 39.3 Å². The van der Waals surface area contributed by atoms with E-state index in [1.54, 1.807) is 68.2 Å². The molecule has 2 unspecified atom stereocenters. The van der Waals surface area contributed by atoms with Crippen molar-refractivity contribution in [3.8, 4) is 23.0 Å². The van der Waals surface area contributed by atoms with E-state index in [1.807, 2.05) is 74.1 Å². The van der Waals surface area contributed by atoms with E-state index in [2.05, 4.69) is 10.6 Å². The van der Waals surface area contributed by atoms with Gasteiger partial charge in [-0.05, 0) is 77.1 Å². The van der Waals surface area contributed by atoms with Crippen molar-refractivity contribution in [1.29, 1.82) is 0 Å². The number of benzene rings is 4. The van der Waals surface area contributed by atoms with Gasteiger partial charge >= 0.3 is 0 Å². The number of anilines is 1.